The fourth-order valence-corrected chi connectivity index (χ4v) is 3.26. The van der Waals surface area contributed by atoms with E-state index in [9.17, 15) is 4.79 Å². The summed E-state index contributed by atoms with van der Waals surface area (Å²) in [6, 6.07) is 0.311. The maximum atomic E-state index is 11.9. The van der Waals surface area contributed by atoms with Crippen molar-refractivity contribution in [2.45, 2.75) is 90.3 Å². The first-order chi connectivity index (χ1) is 8.24. The van der Waals surface area contributed by atoms with Crippen molar-refractivity contribution in [2.75, 3.05) is 0 Å². The van der Waals surface area contributed by atoms with Gasteiger partial charge in [0.05, 0.1) is 0 Å². The fraction of sp³-hybridized carbons (Fsp3) is 0.933. The van der Waals surface area contributed by atoms with Gasteiger partial charge in [-0.2, -0.15) is 0 Å². The van der Waals surface area contributed by atoms with E-state index in [1.807, 2.05) is 0 Å². The van der Waals surface area contributed by atoms with E-state index < -0.39 is 0 Å². The second-order valence-electron chi connectivity index (χ2n) is 7.02. The van der Waals surface area contributed by atoms with Crippen LogP contribution in [0, 0.1) is 0 Å². The summed E-state index contributed by atoms with van der Waals surface area (Å²) in [4.78, 5) is 11.9. The van der Waals surface area contributed by atoms with Crippen LogP contribution in [0.2, 0.25) is 0 Å². The summed E-state index contributed by atoms with van der Waals surface area (Å²) in [5.41, 5.74) is 0.201. The van der Waals surface area contributed by atoms with E-state index in [2.05, 4.69) is 45.3 Å². The van der Waals surface area contributed by atoms with Crippen molar-refractivity contribution in [3.05, 3.63) is 0 Å². The van der Waals surface area contributed by atoms with Crippen molar-refractivity contribution in [3.8, 4) is 0 Å². The Bertz CT molecular complexity index is 268. The molecule has 1 aliphatic heterocycles. The lowest BCUT2D eigenvalue weighted by Gasteiger charge is -2.46. The van der Waals surface area contributed by atoms with Crippen molar-refractivity contribution in [3.63, 3.8) is 0 Å². The molecule has 1 fully saturated rings. The van der Waals surface area contributed by atoms with Crippen molar-refractivity contribution in [1.29, 1.82) is 0 Å². The number of nitrogens with one attached hydrogen (secondary N) is 2. The first-order valence-electron chi connectivity index (χ1n) is 7.33. The lowest BCUT2D eigenvalue weighted by molar-refractivity contribution is -0.122. The van der Waals surface area contributed by atoms with Crippen LogP contribution >= 0.6 is 0 Å². The zero-order chi connectivity index (χ0) is 13.8. The molecule has 0 bridgehead atoms. The Balaban J connectivity index is 2.44. The highest BCUT2D eigenvalue weighted by molar-refractivity contribution is 5.76. The molecule has 1 saturated heterocycles. The van der Waals surface area contributed by atoms with Gasteiger partial charge in [0, 0.05) is 23.5 Å². The molecular formula is C15H30N2O. The highest BCUT2D eigenvalue weighted by Gasteiger charge is 2.37. The van der Waals surface area contributed by atoms with Crippen LogP contribution in [0.15, 0.2) is 0 Å². The second kappa shape index (κ2) is 6.05. The topological polar surface area (TPSA) is 41.1 Å². The number of carbonyl (C=O) groups is 1. The van der Waals surface area contributed by atoms with Gasteiger partial charge in [-0.1, -0.05) is 19.8 Å². The lowest BCUT2D eigenvalue weighted by Crippen LogP contribution is -2.62. The van der Waals surface area contributed by atoms with Crippen LogP contribution < -0.4 is 10.6 Å². The summed E-state index contributed by atoms with van der Waals surface area (Å²) in [6.45, 7) is 11.0. The Labute approximate surface area is 112 Å². The molecule has 0 aliphatic carbocycles. The van der Waals surface area contributed by atoms with Crippen molar-refractivity contribution < 1.29 is 4.79 Å². The van der Waals surface area contributed by atoms with E-state index in [-0.39, 0.29) is 17.0 Å². The van der Waals surface area contributed by atoms with Gasteiger partial charge in [0.2, 0.25) is 5.91 Å². The molecule has 0 aromatic carbocycles. The van der Waals surface area contributed by atoms with Gasteiger partial charge in [0.1, 0.15) is 0 Å². The maximum absolute atomic E-state index is 11.9. The van der Waals surface area contributed by atoms with Crippen LogP contribution in [0.4, 0.5) is 0 Å². The van der Waals surface area contributed by atoms with Gasteiger partial charge in [0.15, 0.2) is 0 Å². The number of unbranched alkanes of at least 4 members (excludes halogenated alkanes) is 2. The highest BCUT2D eigenvalue weighted by atomic mass is 16.1. The Hall–Kier alpha value is -0.570. The normalized spacial score (nSPS) is 22.7. The lowest BCUT2D eigenvalue weighted by atomic mass is 9.79. The predicted molar refractivity (Wildman–Crippen MR) is 76.6 cm³/mol. The second-order valence-corrected chi connectivity index (χ2v) is 7.02. The molecule has 0 unspecified atom stereocenters. The van der Waals surface area contributed by atoms with E-state index in [1.54, 1.807) is 0 Å². The third kappa shape index (κ3) is 5.38. The Morgan fingerprint density at radius 1 is 1.17 bits per heavy atom. The molecule has 3 nitrogen and oxygen atoms in total. The van der Waals surface area contributed by atoms with E-state index in [0.717, 1.165) is 25.7 Å². The number of carbonyl (C=O) groups excluding carboxylic acids is 1. The Kier molecular flexibility index (Phi) is 5.20. The van der Waals surface area contributed by atoms with Crippen LogP contribution in [0.1, 0.15) is 73.1 Å². The molecule has 106 valence electrons. The van der Waals surface area contributed by atoms with Crippen LogP contribution in [0.5, 0.6) is 0 Å². The number of hydrogen-bond acceptors (Lipinski definition) is 2. The van der Waals surface area contributed by atoms with Gasteiger partial charge in [-0.05, 0) is 47.0 Å². The summed E-state index contributed by atoms with van der Waals surface area (Å²) in [6.07, 6.45) is 6.03. The summed E-state index contributed by atoms with van der Waals surface area (Å²) >= 11 is 0. The first kappa shape index (κ1) is 15.5. The maximum Gasteiger partial charge on any atom is 0.220 e. The van der Waals surface area contributed by atoms with Crippen LogP contribution in [-0.4, -0.2) is 23.0 Å². The highest BCUT2D eigenvalue weighted by Crippen LogP contribution is 2.28. The van der Waals surface area contributed by atoms with Gasteiger partial charge in [-0.25, -0.2) is 0 Å². The largest absolute Gasteiger partial charge is 0.353 e. The molecular weight excluding hydrogens is 224 g/mol. The molecule has 0 aromatic heterocycles. The molecule has 0 aromatic rings. The van der Waals surface area contributed by atoms with E-state index in [0.29, 0.717) is 12.5 Å². The molecule has 1 heterocycles. The first-order valence-corrected chi connectivity index (χ1v) is 7.33. The molecule has 0 atom stereocenters. The molecule has 1 aliphatic rings. The van der Waals surface area contributed by atoms with Crippen LogP contribution in [0.25, 0.3) is 0 Å². The summed E-state index contributed by atoms with van der Waals surface area (Å²) in [5, 5.41) is 6.85. The molecule has 0 radical (unpaired) electrons. The van der Waals surface area contributed by atoms with Gasteiger partial charge in [-0.3, -0.25) is 4.79 Å². The fourth-order valence-electron chi connectivity index (χ4n) is 3.26. The van der Waals surface area contributed by atoms with Gasteiger partial charge < -0.3 is 10.6 Å². The standard InChI is InChI=1S/C15H30N2O/c1-6-7-8-9-13(18)16-12-10-14(2,3)17-15(4,5)11-12/h12,17H,6-11H2,1-5H3,(H,16,18). The van der Waals surface area contributed by atoms with Crippen LogP contribution in [-0.2, 0) is 4.79 Å². The predicted octanol–water partition coefficient (Wildman–Crippen LogP) is 2.99. The number of amides is 1. The minimum Gasteiger partial charge on any atom is -0.353 e. The number of rotatable bonds is 5. The van der Waals surface area contributed by atoms with E-state index in [1.165, 1.54) is 6.42 Å². The average molecular weight is 254 g/mol. The smallest absolute Gasteiger partial charge is 0.220 e. The molecule has 2 N–H and O–H groups in total. The SMILES string of the molecule is CCCCCC(=O)NC1CC(C)(C)NC(C)(C)C1. The zero-order valence-corrected chi connectivity index (χ0v) is 12.7. The quantitative estimate of drug-likeness (QED) is 0.741. The monoisotopic (exact) mass is 254 g/mol. The summed E-state index contributed by atoms with van der Waals surface area (Å²) in [7, 11) is 0. The number of piperidine rings is 1. The van der Waals surface area contributed by atoms with Crippen molar-refractivity contribution in [1.82, 2.24) is 10.6 Å². The minimum absolute atomic E-state index is 0.100. The van der Waals surface area contributed by atoms with E-state index in [4.69, 9.17) is 0 Å². The third-order valence-electron chi connectivity index (χ3n) is 3.56. The Morgan fingerprint density at radius 2 is 1.72 bits per heavy atom. The molecule has 3 heteroatoms. The molecule has 1 amide bonds. The number of hydrogen-bond donors (Lipinski definition) is 2. The summed E-state index contributed by atoms with van der Waals surface area (Å²) < 4.78 is 0. The van der Waals surface area contributed by atoms with E-state index >= 15 is 0 Å². The summed E-state index contributed by atoms with van der Waals surface area (Å²) in [5.74, 6) is 0.224. The zero-order valence-electron chi connectivity index (χ0n) is 12.7. The van der Waals surface area contributed by atoms with Crippen LogP contribution in [0.3, 0.4) is 0 Å². The van der Waals surface area contributed by atoms with Crippen molar-refractivity contribution >= 4 is 5.91 Å². The Morgan fingerprint density at radius 3 is 2.22 bits per heavy atom. The third-order valence-corrected chi connectivity index (χ3v) is 3.56. The van der Waals surface area contributed by atoms with Gasteiger partial charge in [-0.15, -0.1) is 0 Å². The molecule has 1 rings (SSSR count). The molecule has 0 spiro atoms. The molecule has 0 saturated carbocycles. The average Bonchev–Trinajstić information content (AvgIpc) is 2.12. The van der Waals surface area contributed by atoms with Gasteiger partial charge >= 0.3 is 0 Å². The van der Waals surface area contributed by atoms with Crippen molar-refractivity contribution in [2.24, 2.45) is 0 Å². The van der Waals surface area contributed by atoms with Gasteiger partial charge in [0.25, 0.3) is 0 Å². The minimum atomic E-state index is 0.100. The molecule has 18 heavy (non-hydrogen) atoms.